The number of nitrogens with zero attached hydrogens (tertiary/aromatic N) is 3. The maximum Gasteiger partial charge on any atom is 0.311 e. The minimum Gasteiger partial charge on any atom is -0.457 e. The molecular weight excluding hydrogens is 337 g/mol. The number of piperidine rings is 1. The fourth-order valence-corrected chi connectivity index (χ4v) is 3.22. The summed E-state index contributed by atoms with van der Waals surface area (Å²) < 4.78 is 18.9. The molecule has 1 aliphatic rings. The Hall–Kier alpha value is -3.22. The number of benzene rings is 1. The van der Waals surface area contributed by atoms with Crippen LogP contribution in [-0.2, 0) is 0 Å². The predicted octanol–water partition coefficient (Wildman–Crippen LogP) is 4.56. The third kappa shape index (κ3) is 3.15. The highest BCUT2D eigenvalue weighted by molar-refractivity contribution is 5.80. The van der Waals surface area contributed by atoms with Crippen LogP contribution in [0.15, 0.2) is 52.6 Å². The van der Waals surface area contributed by atoms with Crippen LogP contribution in [-0.4, -0.2) is 23.0 Å². The molecule has 26 heavy (non-hydrogen) atoms. The van der Waals surface area contributed by atoms with Gasteiger partial charge in [0.1, 0.15) is 17.2 Å². The molecule has 0 N–H and O–H groups in total. The van der Waals surface area contributed by atoms with Crippen molar-refractivity contribution in [1.29, 1.82) is 0 Å². The Labute approximate surface area is 148 Å². The van der Waals surface area contributed by atoms with Gasteiger partial charge in [-0.3, -0.25) is 10.1 Å². The topological polar surface area (TPSA) is 72.4 Å². The van der Waals surface area contributed by atoms with Crippen molar-refractivity contribution in [2.75, 3.05) is 18.0 Å². The number of nitro groups is 1. The first-order valence-corrected chi connectivity index (χ1v) is 8.33. The van der Waals surface area contributed by atoms with E-state index in [-0.39, 0.29) is 11.5 Å². The minimum absolute atomic E-state index is 0.0271. The van der Waals surface area contributed by atoms with Crippen LogP contribution in [0, 0.1) is 15.9 Å². The number of anilines is 1. The Kier molecular flexibility index (Phi) is 4.12. The lowest BCUT2D eigenvalue weighted by atomic mass is 10.0. The minimum atomic E-state index is -0.402. The standard InChI is InChI=1S/C19H16FN3O3/c20-15-4-3-14-11-16(26-18(14)12-15)10-13-5-8-22(9-6-13)19-17(23(24)25)2-1-7-21-19/h1-4,7,10-12H,5-6,8-9H2. The Balaban J connectivity index is 1.51. The molecule has 7 heteroatoms. The smallest absolute Gasteiger partial charge is 0.311 e. The molecule has 0 bridgehead atoms. The monoisotopic (exact) mass is 353 g/mol. The number of halogens is 1. The van der Waals surface area contributed by atoms with Gasteiger partial charge < -0.3 is 9.32 Å². The lowest BCUT2D eigenvalue weighted by molar-refractivity contribution is -0.384. The molecule has 0 atom stereocenters. The summed E-state index contributed by atoms with van der Waals surface area (Å²) in [6.45, 7) is 1.30. The van der Waals surface area contributed by atoms with Gasteiger partial charge in [-0.05, 0) is 43.2 Å². The highest BCUT2D eigenvalue weighted by Gasteiger charge is 2.23. The molecule has 3 aromatic rings. The molecule has 1 saturated heterocycles. The van der Waals surface area contributed by atoms with E-state index in [1.54, 1.807) is 18.3 Å². The first-order chi connectivity index (χ1) is 12.6. The van der Waals surface area contributed by atoms with E-state index in [4.69, 9.17) is 4.42 Å². The molecule has 0 unspecified atom stereocenters. The van der Waals surface area contributed by atoms with Gasteiger partial charge in [-0.2, -0.15) is 0 Å². The molecule has 0 spiro atoms. The van der Waals surface area contributed by atoms with Crippen molar-refractivity contribution in [3.05, 3.63) is 69.9 Å². The summed E-state index contributed by atoms with van der Waals surface area (Å²) in [5.41, 5.74) is 1.75. The van der Waals surface area contributed by atoms with E-state index >= 15 is 0 Å². The van der Waals surface area contributed by atoms with E-state index in [1.165, 1.54) is 23.8 Å². The van der Waals surface area contributed by atoms with Crippen LogP contribution >= 0.6 is 0 Å². The van der Waals surface area contributed by atoms with Gasteiger partial charge in [0, 0.05) is 36.8 Å². The predicted molar refractivity (Wildman–Crippen MR) is 96.5 cm³/mol. The number of hydrogen-bond acceptors (Lipinski definition) is 5. The van der Waals surface area contributed by atoms with Gasteiger partial charge >= 0.3 is 5.69 Å². The first kappa shape index (κ1) is 16.3. The van der Waals surface area contributed by atoms with E-state index in [1.807, 2.05) is 17.0 Å². The number of hydrogen-bond donors (Lipinski definition) is 0. The molecular formula is C19H16FN3O3. The molecule has 1 fully saturated rings. The summed E-state index contributed by atoms with van der Waals surface area (Å²) in [5, 5.41) is 12.0. The van der Waals surface area contributed by atoms with Crippen molar-refractivity contribution < 1.29 is 13.7 Å². The van der Waals surface area contributed by atoms with Crippen LogP contribution in [0.4, 0.5) is 15.9 Å². The highest BCUT2D eigenvalue weighted by atomic mass is 19.1. The van der Waals surface area contributed by atoms with Crippen molar-refractivity contribution in [3.8, 4) is 0 Å². The maximum absolute atomic E-state index is 13.3. The quantitative estimate of drug-likeness (QED) is 0.510. The summed E-state index contributed by atoms with van der Waals surface area (Å²) in [5.74, 6) is 0.782. The van der Waals surface area contributed by atoms with Crippen LogP contribution in [0.3, 0.4) is 0 Å². The number of fused-ring (bicyclic) bond motifs is 1. The van der Waals surface area contributed by atoms with E-state index < -0.39 is 4.92 Å². The van der Waals surface area contributed by atoms with Crippen LogP contribution < -0.4 is 4.90 Å². The molecule has 132 valence electrons. The van der Waals surface area contributed by atoms with Gasteiger partial charge in [0.25, 0.3) is 0 Å². The van der Waals surface area contributed by atoms with Crippen molar-refractivity contribution in [1.82, 2.24) is 4.98 Å². The number of furan rings is 1. The second-order valence-corrected chi connectivity index (χ2v) is 6.22. The van der Waals surface area contributed by atoms with Gasteiger partial charge in [-0.15, -0.1) is 0 Å². The average Bonchev–Trinajstić information content (AvgIpc) is 3.03. The summed E-state index contributed by atoms with van der Waals surface area (Å²) in [6.07, 6.45) is 5.07. The second-order valence-electron chi connectivity index (χ2n) is 6.22. The Morgan fingerprint density at radius 1 is 1.23 bits per heavy atom. The van der Waals surface area contributed by atoms with Crippen LogP contribution in [0.2, 0.25) is 0 Å². The lowest BCUT2D eigenvalue weighted by Crippen LogP contribution is -2.31. The summed E-state index contributed by atoms with van der Waals surface area (Å²) in [6, 6.07) is 9.41. The molecule has 6 nitrogen and oxygen atoms in total. The van der Waals surface area contributed by atoms with E-state index in [0.29, 0.717) is 30.3 Å². The molecule has 0 amide bonds. The molecule has 0 radical (unpaired) electrons. The van der Waals surface area contributed by atoms with Gasteiger partial charge in [-0.1, -0.05) is 5.57 Å². The van der Waals surface area contributed by atoms with Gasteiger partial charge in [0.15, 0.2) is 0 Å². The molecule has 1 aromatic carbocycles. The molecule has 4 rings (SSSR count). The zero-order valence-corrected chi connectivity index (χ0v) is 13.9. The molecule has 0 saturated carbocycles. The zero-order valence-electron chi connectivity index (χ0n) is 13.9. The van der Waals surface area contributed by atoms with Crippen LogP contribution in [0.1, 0.15) is 18.6 Å². The maximum atomic E-state index is 13.3. The fourth-order valence-electron chi connectivity index (χ4n) is 3.22. The van der Waals surface area contributed by atoms with Crippen molar-refractivity contribution >= 4 is 28.6 Å². The first-order valence-electron chi connectivity index (χ1n) is 8.33. The summed E-state index contributed by atoms with van der Waals surface area (Å²) in [7, 11) is 0. The zero-order chi connectivity index (χ0) is 18.1. The number of rotatable bonds is 3. The Morgan fingerprint density at radius 3 is 2.81 bits per heavy atom. The Bertz CT molecular complexity index is 1000. The normalized spacial score (nSPS) is 14.7. The number of pyridine rings is 1. The third-order valence-electron chi connectivity index (χ3n) is 4.52. The molecule has 2 aromatic heterocycles. The summed E-state index contributed by atoms with van der Waals surface area (Å²) >= 11 is 0. The molecule has 3 heterocycles. The Morgan fingerprint density at radius 2 is 2.04 bits per heavy atom. The number of aromatic nitrogens is 1. The van der Waals surface area contributed by atoms with E-state index in [9.17, 15) is 14.5 Å². The molecule has 0 aliphatic carbocycles. The average molecular weight is 353 g/mol. The van der Waals surface area contributed by atoms with Crippen molar-refractivity contribution in [2.24, 2.45) is 0 Å². The van der Waals surface area contributed by atoms with Gasteiger partial charge in [-0.25, -0.2) is 9.37 Å². The van der Waals surface area contributed by atoms with Crippen molar-refractivity contribution in [2.45, 2.75) is 12.8 Å². The van der Waals surface area contributed by atoms with E-state index in [0.717, 1.165) is 18.2 Å². The lowest BCUT2D eigenvalue weighted by Gasteiger charge is -2.28. The van der Waals surface area contributed by atoms with Crippen molar-refractivity contribution in [3.63, 3.8) is 0 Å². The SMILES string of the molecule is O=[N+]([O-])c1cccnc1N1CCC(=Cc2cc3ccc(F)cc3o2)CC1. The molecule has 1 aliphatic heterocycles. The highest BCUT2D eigenvalue weighted by Crippen LogP contribution is 2.30. The fraction of sp³-hybridized carbons (Fsp3) is 0.211. The van der Waals surface area contributed by atoms with Gasteiger partial charge in [0.05, 0.1) is 4.92 Å². The van der Waals surface area contributed by atoms with Gasteiger partial charge in [0.2, 0.25) is 5.82 Å². The largest absolute Gasteiger partial charge is 0.457 e. The second kappa shape index (κ2) is 6.59. The third-order valence-corrected chi connectivity index (χ3v) is 4.52. The summed E-state index contributed by atoms with van der Waals surface area (Å²) in [4.78, 5) is 16.9. The van der Waals surface area contributed by atoms with Crippen LogP contribution in [0.5, 0.6) is 0 Å². The van der Waals surface area contributed by atoms with E-state index in [2.05, 4.69) is 4.98 Å². The van der Waals surface area contributed by atoms with Crippen LogP contribution in [0.25, 0.3) is 17.0 Å².